The summed E-state index contributed by atoms with van der Waals surface area (Å²) in [6, 6.07) is 5.61. The molecule has 116 valence electrons. The molecule has 1 aromatic rings. The van der Waals surface area contributed by atoms with E-state index in [0.717, 1.165) is 0 Å². The van der Waals surface area contributed by atoms with Gasteiger partial charge in [-0.15, -0.1) is 0 Å². The van der Waals surface area contributed by atoms with Crippen LogP contribution in [0, 0.1) is 15.5 Å². The lowest BCUT2D eigenvalue weighted by Crippen LogP contribution is -2.36. The second-order valence-corrected chi connectivity index (χ2v) is 7.45. The lowest BCUT2D eigenvalue weighted by atomic mass is 9.91. The maximum absolute atomic E-state index is 11.9. The molecule has 0 radical (unpaired) electrons. The number of rotatable bonds is 6. The molecule has 0 bridgehead atoms. The molecule has 21 heavy (non-hydrogen) atoms. The zero-order chi connectivity index (χ0) is 16.3. The highest BCUT2D eigenvalue weighted by Gasteiger charge is 2.24. The first-order valence-electron chi connectivity index (χ1n) is 6.26. The summed E-state index contributed by atoms with van der Waals surface area (Å²) in [5.74, 6) is -0.796. The average molecular weight is 314 g/mol. The van der Waals surface area contributed by atoms with Crippen molar-refractivity contribution in [1.29, 1.82) is 0 Å². The molecule has 1 N–H and O–H groups in total. The molecule has 0 spiro atoms. The first kappa shape index (κ1) is 17.3. The predicted octanol–water partition coefficient (Wildman–Crippen LogP) is 1.63. The van der Waals surface area contributed by atoms with Crippen LogP contribution in [0.5, 0.6) is 0 Å². The molecule has 1 aromatic carbocycles. The Labute approximate surface area is 123 Å². The number of carbonyl (C=O) groups excluding carboxylic acids is 1. The molecule has 0 unspecified atom stereocenters. The van der Waals surface area contributed by atoms with Crippen LogP contribution in [0.15, 0.2) is 24.3 Å². The number of hydrogen-bond donors (Lipinski definition) is 1. The van der Waals surface area contributed by atoms with E-state index in [1.54, 1.807) is 20.8 Å². The zero-order valence-corrected chi connectivity index (χ0v) is 12.9. The van der Waals surface area contributed by atoms with Crippen LogP contribution in [0.4, 0.5) is 5.69 Å². The molecule has 0 aliphatic rings. The third-order valence-electron chi connectivity index (χ3n) is 2.82. The van der Waals surface area contributed by atoms with Crippen molar-refractivity contribution >= 4 is 21.5 Å². The fraction of sp³-hybridized carbons (Fsp3) is 0.462. The number of nitrogens with zero attached hydrogens (tertiary/aromatic N) is 1. The number of para-hydroxylation sites is 1. The van der Waals surface area contributed by atoms with Crippen molar-refractivity contribution in [2.75, 3.05) is 6.54 Å². The van der Waals surface area contributed by atoms with E-state index in [-0.39, 0.29) is 23.6 Å². The van der Waals surface area contributed by atoms with Gasteiger partial charge in [0.05, 0.1) is 17.2 Å². The van der Waals surface area contributed by atoms with Crippen LogP contribution in [-0.4, -0.2) is 25.7 Å². The predicted molar refractivity (Wildman–Crippen MR) is 78.2 cm³/mol. The van der Waals surface area contributed by atoms with Gasteiger partial charge in [0, 0.05) is 17.0 Å². The fourth-order valence-electron chi connectivity index (χ4n) is 1.51. The van der Waals surface area contributed by atoms with Crippen molar-refractivity contribution < 1.29 is 18.1 Å². The van der Waals surface area contributed by atoms with E-state index in [4.69, 9.17) is 0 Å². The Morgan fingerprint density at radius 3 is 2.38 bits per heavy atom. The van der Waals surface area contributed by atoms with Gasteiger partial charge in [0.15, 0.2) is 5.78 Å². The number of Topliss-reactive ketones (excluding diaryl/α,β-unsaturated/α-hetero) is 1. The first-order chi connectivity index (χ1) is 9.53. The van der Waals surface area contributed by atoms with Gasteiger partial charge in [-0.25, -0.2) is 13.1 Å². The summed E-state index contributed by atoms with van der Waals surface area (Å²) in [5.41, 5.74) is -0.829. The highest BCUT2D eigenvalue weighted by Crippen LogP contribution is 2.20. The Morgan fingerprint density at radius 1 is 1.29 bits per heavy atom. The Bertz CT molecular complexity index is 647. The molecule has 1 rings (SSSR count). The van der Waals surface area contributed by atoms with Crippen LogP contribution in [0.3, 0.4) is 0 Å². The molecular formula is C13H18N2O5S. The lowest BCUT2D eigenvalue weighted by molar-refractivity contribution is -0.385. The largest absolute Gasteiger partial charge is 0.298 e. The van der Waals surface area contributed by atoms with E-state index >= 15 is 0 Å². The van der Waals surface area contributed by atoms with Crippen LogP contribution >= 0.6 is 0 Å². The van der Waals surface area contributed by atoms with Gasteiger partial charge in [0.25, 0.3) is 5.69 Å². The molecule has 7 nitrogen and oxygen atoms in total. The minimum atomic E-state index is -3.82. The van der Waals surface area contributed by atoms with E-state index in [0.29, 0.717) is 0 Å². The van der Waals surface area contributed by atoms with Crippen LogP contribution < -0.4 is 4.72 Å². The van der Waals surface area contributed by atoms with Gasteiger partial charge < -0.3 is 0 Å². The Hall–Kier alpha value is -1.80. The Kier molecular flexibility index (Phi) is 5.19. The molecule has 0 saturated heterocycles. The monoisotopic (exact) mass is 314 g/mol. The molecule has 0 amide bonds. The number of sulfonamides is 1. The molecular weight excluding hydrogens is 296 g/mol. The molecule has 0 fully saturated rings. The van der Waals surface area contributed by atoms with E-state index in [1.165, 1.54) is 24.3 Å². The third kappa shape index (κ3) is 5.24. The third-order valence-corrected chi connectivity index (χ3v) is 4.10. The minimum Gasteiger partial charge on any atom is -0.298 e. The number of nitro benzene ring substituents is 1. The second-order valence-electron chi connectivity index (χ2n) is 5.64. The smallest absolute Gasteiger partial charge is 0.273 e. The van der Waals surface area contributed by atoms with Crippen LogP contribution in [0.1, 0.15) is 26.3 Å². The van der Waals surface area contributed by atoms with E-state index in [9.17, 15) is 23.3 Å². The van der Waals surface area contributed by atoms with Gasteiger partial charge in [-0.3, -0.25) is 14.9 Å². The zero-order valence-electron chi connectivity index (χ0n) is 12.1. The maximum Gasteiger partial charge on any atom is 0.273 e. The fourth-order valence-corrected chi connectivity index (χ4v) is 2.61. The normalized spacial score (nSPS) is 12.1. The van der Waals surface area contributed by atoms with Gasteiger partial charge in [-0.05, 0) is 0 Å². The summed E-state index contributed by atoms with van der Waals surface area (Å²) < 4.78 is 26.0. The topological polar surface area (TPSA) is 106 Å². The number of nitro groups is 1. The van der Waals surface area contributed by atoms with Crippen LogP contribution in [0.25, 0.3) is 0 Å². The molecule has 0 heterocycles. The molecule has 0 aliphatic carbocycles. The van der Waals surface area contributed by atoms with Crippen molar-refractivity contribution in [3.8, 4) is 0 Å². The lowest BCUT2D eigenvalue weighted by Gasteiger charge is -2.16. The highest BCUT2D eigenvalue weighted by atomic mass is 32.2. The number of carbonyl (C=O) groups is 1. The molecule has 0 aromatic heterocycles. The Morgan fingerprint density at radius 2 is 1.86 bits per heavy atom. The SMILES string of the molecule is CC(C)(C)C(=O)CNS(=O)(=O)Cc1ccccc1[N+](=O)[O-]. The van der Waals surface area contributed by atoms with Crippen molar-refractivity contribution in [3.63, 3.8) is 0 Å². The minimum absolute atomic E-state index is 0.0817. The maximum atomic E-state index is 11.9. The van der Waals surface area contributed by atoms with E-state index in [1.807, 2.05) is 0 Å². The standard InChI is InChI=1S/C13H18N2O5S/c1-13(2,3)12(16)8-14-21(19,20)9-10-6-4-5-7-11(10)15(17)18/h4-7,14H,8-9H2,1-3H3. The summed E-state index contributed by atoms with van der Waals surface area (Å²) >= 11 is 0. The van der Waals surface area contributed by atoms with Gasteiger partial charge in [0.2, 0.25) is 10.0 Å². The van der Waals surface area contributed by atoms with Gasteiger partial charge in [-0.1, -0.05) is 39.0 Å². The van der Waals surface area contributed by atoms with Crippen molar-refractivity contribution in [2.24, 2.45) is 5.41 Å². The molecule has 0 atom stereocenters. The number of hydrogen-bond acceptors (Lipinski definition) is 5. The van der Waals surface area contributed by atoms with Crippen molar-refractivity contribution in [3.05, 3.63) is 39.9 Å². The van der Waals surface area contributed by atoms with Crippen LogP contribution in [-0.2, 0) is 20.6 Å². The number of nitrogens with one attached hydrogen (secondary N) is 1. The number of ketones is 1. The summed E-state index contributed by atoms with van der Waals surface area (Å²) in [6.07, 6.45) is 0. The molecule has 0 saturated carbocycles. The second kappa shape index (κ2) is 6.31. The summed E-state index contributed by atoms with van der Waals surface area (Å²) in [5, 5.41) is 10.8. The van der Waals surface area contributed by atoms with Gasteiger partial charge in [0.1, 0.15) is 0 Å². The molecule has 0 aliphatic heterocycles. The molecule has 8 heteroatoms. The van der Waals surface area contributed by atoms with E-state index in [2.05, 4.69) is 4.72 Å². The Balaban J connectivity index is 2.83. The van der Waals surface area contributed by atoms with E-state index < -0.39 is 26.1 Å². The van der Waals surface area contributed by atoms with Crippen LogP contribution in [0.2, 0.25) is 0 Å². The summed E-state index contributed by atoms with van der Waals surface area (Å²) in [4.78, 5) is 21.9. The number of benzene rings is 1. The first-order valence-corrected chi connectivity index (χ1v) is 7.91. The van der Waals surface area contributed by atoms with Crippen molar-refractivity contribution in [2.45, 2.75) is 26.5 Å². The van der Waals surface area contributed by atoms with Gasteiger partial charge >= 0.3 is 0 Å². The quantitative estimate of drug-likeness (QED) is 0.634. The average Bonchev–Trinajstić information content (AvgIpc) is 2.34. The van der Waals surface area contributed by atoms with Gasteiger partial charge in [-0.2, -0.15) is 0 Å². The van der Waals surface area contributed by atoms with Crippen molar-refractivity contribution in [1.82, 2.24) is 4.72 Å². The highest BCUT2D eigenvalue weighted by molar-refractivity contribution is 7.88. The summed E-state index contributed by atoms with van der Waals surface area (Å²) in [6.45, 7) is 4.73. The summed E-state index contributed by atoms with van der Waals surface area (Å²) in [7, 11) is -3.82.